The maximum atomic E-state index is 13.2. The molecular formula is C117H200O16P2. The number of phosphoric ester groups is 2. The topological polar surface area (TPSA) is 231 Å². The van der Waals surface area contributed by atoms with Gasteiger partial charge in [0.1, 0.15) is 25.4 Å². The van der Waals surface area contributed by atoms with Gasteiger partial charge in [-0.2, -0.15) is 0 Å². The zero-order chi connectivity index (χ0) is 97.8. The quantitative estimate of drug-likeness (QED) is 0.0146. The summed E-state index contributed by atoms with van der Waals surface area (Å²) in [6.07, 6.45) is 145. The van der Waals surface area contributed by atoms with Crippen molar-refractivity contribution in [1.82, 2.24) is 0 Å². The van der Waals surface area contributed by atoms with Gasteiger partial charge in [-0.15, -0.1) is 0 Å². The zero-order valence-corrected chi connectivity index (χ0v) is 87.8. The predicted molar refractivity (Wildman–Crippen MR) is 574 cm³/mol. The van der Waals surface area contributed by atoms with Crippen LogP contribution >= 0.6 is 15.6 Å². The molecule has 0 aliphatic rings. The molecule has 0 aromatic rings. The smallest absolute Gasteiger partial charge is 0.463 e. The van der Waals surface area contributed by atoms with Crippen molar-refractivity contribution < 1.29 is 75.8 Å². The number of ether oxygens (including phenoxy) is 3. The van der Waals surface area contributed by atoms with Gasteiger partial charge in [-0.1, -0.05) is 478 Å². The number of aliphatic hydroxyl groups excluding tert-OH is 2. The summed E-state index contributed by atoms with van der Waals surface area (Å²) < 4.78 is 61.8. The summed E-state index contributed by atoms with van der Waals surface area (Å²) in [4.78, 5) is 59.3. The largest absolute Gasteiger partial charge is 0.472 e. The summed E-state index contributed by atoms with van der Waals surface area (Å²) in [5, 5.41) is 20.8. The van der Waals surface area contributed by atoms with Crippen LogP contribution in [0.2, 0.25) is 0 Å². The molecule has 0 bridgehead atoms. The molecule has 4 N–H and O–H groups in total. The summed E-state index contributed by atoms with van der Waals surface area (Å²) in [5.41, 5.74) is 0. The van der Waals surface area contributed by atoms with Gasteiger partial charge >= 0.3 is 33.6 Å². The fourth-order valence-electron chi connectivity index (χ4n) is 15.1. The number of hydrogen-bond acceptors (Lipinski definition) is 14. The summed E-state index contributed by atoms with van der Waals surface area (Å²) >= 11 is 0. The number of allylic oxidation sites excluding steroid dienone is 32. The standard InChI is InChI=1S/C117H200O16P2/c1-4-7-10-13-16-19-22-25-28-31-34-37-40-43-46-49-52-54-55-57-60-61-64-67-70-73-76-79-82-85-88-91-94-97-100-103-115(120)127-106-112(118)107-129-134(123,124)130-108-113(119)109-131-135(125,126)132-111-114(133-117(122)105-102-99-96-93-90-87-84-81-78-75-72-69-66-63-58-51-48-45-42-39-36-33-30-27-24-21-18-15-12-9-6-3)110-128-116(121)104-101-98-95-92-89-86-83-80-77-74-71-68-65-62-59-56-53-50-47-44-41-38-35-32-29-26-23-20-17-14-11-8-5-2/h7-8,10-11,16-21,25-30,34-39,43-48,52-54,56,112-114,118-119H,4-6,9,12-15,22-24,31-33,40-42,49-51,55,57-111H2,1-3H3,(H,123,124)(H,125,126)/b10-7-,11-8-,19-16-,20-17-,21-18-,28-25-,29-26-,30-27-,37-34-,38-35-,39-36-,46-43-,47-44-,48-45-,54-52-,56-53-. The van der Waals surface area contributed by atoms with Crippen molar-refractivity contribution in [3.05, 3.63) is 194 Å². The summed E-state index contributed by atoms with van der Waals surface area (Å²) in [6, 6.07) is 0. The Morgan fingerprint density at radius 3 is 0.622 bits per heavy atom. The minimum Gasteiger partial charge on any atom is -0.463 e. The average molecular weight is 1920 g/mol. The predicted octanol–water partition coefficient (Wildman–Crippen LogP) is 35.2. The number of unbranched alkanes of at least 4 members (excludes halogenated alkanes) is 48. The molecule has 0 spiro atoms. The first-order chi connectivity index (χ1) is 66.2. The Morgan fingerprint density at radius 1 is 0.215 bits per heavy atom. The van der Waals surface area contributed by atoms with Gasteiger partial charge in [0, 0.05) is 19.3 Å². The Labute approximate surface area is 827 Å². The molecule has 0 aromatic carbocycles. The van der Waals surface area contributed by atoms with E-state index in [1.54, 1.807) is 0 Å². The van der Waals surface area contributed by atoms with E-state index < -0.39 is 91.5 Å². The molecule has 774 valence electrons. The normalized spacial score (nSPS) is 14.3. The maximum Gasteiger partial charge on any atom is 0.472 e. The van der Waals surface area contributed by atoms with Crippen LogP contribution in [0, 0.1) is 0 Å². The van der Waals surface area contributed by atoms with Crippen LogP contribution in [0.15, 0.2) is 194 Å². The van der Waals surface area contributed by atoms with E-state index in [1.165, 1.54) is 244 Å². The number of aliphatic hydroxyl groups is 2. The molecule has 0 saturated heterocycles. The monoisotopic (exact) mass is 1920 g/mol. The van der Waals surface area contributed by atoms with E-state index in [0.29, 0.717) is 19.3 Å². The van der Waals surface area contributed by atoms with Gasteiger partial charge < -0.3 is 34.2 Å². The Kier molecular flexibility index (Phi) is 103. The van der Waals surface area contributed by atoms with E-state index in [9.17, 15) is 43.5 Å². The molecular weight excluding hydrogens is 1720 g/mol. The number of carbonyl (C=O) groups is 3. The van der Waals surface area contributed by atoms with Crippen molar-refractivity contribution >= 4 is 33.6 Å². The van der Waals surface area contributed by atoms with Crippen LogP contribution in [-0.4, -0.2) is 95.9 Å². The molecule has 18 heteroatoms. The van der Waals surface area contributed by atoms with Crippen LogP contribution in [0.1, 0.15) is 470 Å². The van der Waals surface area contributed by atoms with E-state index in [1.807, 2.05) is 0 Å². The average Bonchev–Trinajstić information content (AvgIpc) is 0.900. The molecule has 0 heterocycles. The van der Waals surface area contributed by atoms with Gasteiger partial charge in [-0.25, -0.2) is 9.13 Å². The number of carbonyl (C=O) groups excluding carboxylic acids is 3. The zero-order valence-electron chi connectivity index (χ0n) is 86.0. The van der Waals surface area contributed by atoms with Gasteiger partial charge in [-0.05, 0) is 167 Å². The molecule has 16 nitrogen and oxygen atoms in total. The van der Waals surface area contributed by atoms with Gasteiger partial charge in [0.25, 0.3) is 0 Å². The maximum absolute atomic E-state index is 13.2. The van der Waals surface area contributed by atoms with Crippen molar-refractivity contribution in [3.63, 3.8) is 0 Å². The first kappa shape index (κ1) is 129. The number of esters is 3. The number of hydrogen-bond donors (Lipinski definition) is 4. The van der Waals surface area contributed by atoms with Crippen LogP contribution < -0.4 is 0 Å². The third-order valence-electron chi connectivity index (χ3n) is 23.3. The summed E-state index contributed by atoms with van der Waals surface area (Å²) in [7, 11) is -9.82. The van der Waals surface area contributed by atoms with Gasteiger partial charge in [0.15, 0.2) is 6.10 Å². The third-order valence-corrected chi connectivity index (χ3v) is 25.2. The fraction of sp³-hybridized carbons (Fsp3) is 0.701. The van der Waals surface area contributed by atoms with Crippen LogP contribution in [0.4, 0.5) is 0 Å². The molecule has 0 fully saturated rings. The lowest BCUT2D eigenvalue weighted by Crippen LogP contribution is -2.30. The molecule has 0 radical (unpaired) electrons. The lowest BCUT2D eigenvalue weighted by Gasteiger charge is -2.21. The molecule has 0 rings (SSSR count). The van der Waals surface area contributed by atoms with Crippen molar-refractivity contribution in [2.45, 2.75) is 489 Å². The summed E-state index contributed by atoms with van der Waals surface area (Å²) in [5.74, 6) is -1.56. The van der Waals surface area contributed by atoms with Crippen molar-refractivity contribution in [2.24, 2.45) is 0 Å². The third kappa shape index (κ3) is 109. The Morgan fingerprint density at radius 2 is 0.393 bits per heavy atom. The summed E-state index contributed by atoms with van der Waals surface area (Å²) in [6.45, 7) is 2.51. The minimum absolute atomic E-state index is 0.102. The van der Waals surface area contributed by atoms with Gasteiger partial charge in [0.05, 0.1) is 26.4 Å². The first-order valence-electron chi connectivity index (χ1n) is 54.7. The lowest BCUT2D eigenvalue weighted by molar-refractivity contribution is -0.161. The van der Waals surface area contributed by atoms with Crippen molar-refractivity contribution in [2.75, 3.05) is 39.6 Å². The number of phosphoric acid groups is 2. The molecule has 0 aliphatic heterocycles. The molecule has 135 heavy (non-hydrogen) atoms. The van der Waals surface area contributed by atoms with Crippen LogP contribution in [0.5, 0.6) is 0 Å². The Balaban J connectivity index is 4.61. The second kappa shape index (κ2) is 107. The SMILES string of the molecule is CC/C=C\C/C=C\C/C=C\C/C=C\C/C=C\C/C=C\CCCCCCCCCCCCCCCCCCC(=O)OCC(O)COP(=O)(O)OCC(O)COP(=O)(O)OCC(COC(=O)CCCCCCCCCCCCCCCC/C=C\C/C=C\C/C=C\C/C=C\C/C=C\C/C=C\CC)OC(=O)CCCCCCCCCCCCCCCCC/C=C\C/C=C\C/C=C\C/C=C\CCCCC. The van der Waals surface area contributed by atoms with Crippen molar-refractivity contribution in [3.8, 4) is 0 Å². The van der Waals surface area contributed by atoms with E-state index >= 15 is 0 Å². The lowest BCUT2D eigenvalue weighted by atomic mass is 10.0. The van der Waals surface area contributed by atoms with E-state index in [-0.39, 0.29) is 19.3 Å². The first-order valence-corrected chi connectivity index (χ1v) is 57.7. The van der Waals surface area contributed by atoms with Crippen molar-refractivity contribution in [1.29, 1.82) is 0 Å². The molecule has 0 saturated carbocycles. The van der Waals surface area contributed by atoms with E-state index in [2.05, 4.69) is 215 Å². The minimum atomic E-state index is -4.95. The van der Waals surface area contributed by atoms with Gasteiger partial charge in [-0.3, -0.25) is 32.5 Å². The highest BCUT2D eigenvalue weighted by Crippen LogP contribution is 2.45. The van der Waals surface area contributed by atoms with Crippen LogP contribution in [0.25, 0.3) is 0 Å². The molecule has 5 atom stereocenters. The molecule has 5 unspecified atom stereocenters. The second-order valence-electron chi connectivity index (χ2n) is 36.4. The Hall–Kier alpha value is -5.61. The highest BCUT2D eigenvalue weighted by atomic mass is 31.2. The fourth-order valence-corrected chi connectivity index (χ4v) is 16.7. The molecule has 0 aliphatic carbocycles. The molecule has 0 amide bonds. The molecule has 0 aromatic heterocycles. The van der Waals surface area contributed by atoms with Crippen LogP contribution in [0.3, 0.4) is 0 Å². The van der Waals surface area contributed by atoms with Gasteiger partial charge in [0.2, 0.25) is 0 Å². The van der Waals surface area contributed by atoms with E-state index in [0.717, 1.165) is 167 Å². The van der Waals surface area contributed by atoms with Crippen LogP contribution in [-0.2, 0) is 55.8 Å². The second-order valence-corrected chi connectivity index (χ2v) is 39.3. The highest BCUT2D eigenvalue weighted by molar-refractivity contribution is 7.47. The van der Waals surface area contributed by atoms with E-state index in [4.69, 9.17) is 32.3 Å². The number of rotatable bonds is 103. The Bertz CT molecular complexity index is 3240. The highest BCUT2D eigenvalue weighted by Gasteiger charge is 2.30.